The number of hydrogen-bond donors (Lipinski definition) is 3. The van der Waals surface area contributed by atoms with Gasteiger partial charge in [0.25, 0.3) is 11.8 Å². The van der Waals surface area contributed by atoms with Crippen LogP contribution in [0.15, 0.2) is 24.3 Å². The van der Waals surface area contributed by atoms with Gasteiger partial charge in [-0.25, -0.2) is 13.8 Å². The van der Waals surface area contributed by atoms with Gasteiger partial charge in [0.2, 0.25) is 5.95 Å². The lowest BCUT2D eigenvalue weighted by Gasteiger charge is -2.35. The molecule has 2 aromatic rings. The molecule has 0 unspecified atom stereocenters. The summed E-state index contributed by atoms with van der Waals surface area (Å²) in [5, 5.41) is 12.0. The fraction of sp³-hybridized carbons (Fsp3) is 0.577. The minimum absolute atomic E-state index is 0.0780. The average Bonchev–Trinajstić information content (AvgIpc) is 3.62. The number of benzene rings is 1. The van der Waals surface area contributed by atoms with Crippen molar-refractivity contribution in [2.75, 3.05) is 58.4 Å². The molecule has 1 aromatic carbocycles. The molecule has 3 N–H and O–H groups in total. The van der Waals surface area contributed by atoms with E-state index >= 15 is 0 Å². The number of hydrogen-bond acceptors (Lipinski definition) is 8. The Morgan fingerprint density at radius 3 is 2.57 bits per heavy atom. The molecular formula is C26H34F2N6O2S. The maximum Gasteiger partial charge on any atom is 0.265 e. The normalized spacial score (nSPS) is 20.1. The van der Waals surface area contributed by atoms with Crippen molar-refractivity contribution in [3.8, 4) is 0 Å². The number of nitrogens with zero attached hydrogens (tertiary/aromatic N) is 4. The molecule has 3 aliphatic rings. The van der Waals surface area contributed by atoms with Crippen molar-refractivity contribution in [1.82, 2.24) is 9.97 Å². The Morgan fingerprint density at radius 2 is 1.86 bits per heavy atom. The molecule has 1 saturated carbocycles. The Hall–Kier alpha value is -2.66. The van der Waals surface area contributed by atoms with Crippen LogP contribution in [-0.2, 0) is 0 Å². The quantitative estimate of drug-likeness (QED) is 0.333. The fourth-order valence-electron chi connectivity index (χ4n) is 5.21. The lowest BCUT2D eigenvalue weighted by molar-refractivity contribution is -0.0120. The summed E-state index contributed by atoms with van der Waals surface area (Å²) in [5.74, 6) is -2.01. The third-order valence-corrected chi connectivity index (χ3v) is 8.27. The summed E-state index contributed by atoms with van der Waals surface area (Å²) in [6, 6.07) is 7.29. The average molecular weight is 533 g/mol. The van der Waals surface area contributed by atoms with Crippen molar-refractivity contribution in [2.24, 2.45) is 5.41 Å². The topological polar surface area (TPSA) is 93.6 Å². The lowest BCUT2D eigenvalue weighted by atomic mass is 9.93. The fourth-order valence-corrected chi connectivity index (χ4v) is 5.69. The number of aromatic nitrogens is 2. The predicted molar refractivity (Wildman–Crippen MR) is 144 cm³/mol. The van der Waals surface area contributed by atoms with Crippen LogP contribution in [0.1, 0.15) is 54.6 Å². The van der Waals surface area contributed by atoms with Gasteiger partial charge < -0.3 is 24.9 Å². The molecule has 1 amide bonds. The van der Waals surface area contributed by atoms with E-state index in [1.165, 1.54) is 29.7 Å². The van der Waals surface area contributed by atoms with Crippen molar-refractivity contribution in [3.63, 3.8) is 0 Å². The van der Waals surface area contributed by atoms with E-state index in [1.54, 1.807) is 19.1 Å². The molecule has 0 radical (unpaired) electrons. The smallest absolute Gasteiger partial charge is 0.265 e. The van der Waals surface area contributed by atoms with Gasteiger partial charge in [-0.1, -0.05) is 11.9 Å². The first-order chi connectivity index (χ1) is 17.8. The first-order valence-corrected chi connectivity index (χ1v) is 13.9. The van der Waals surface area contributed by atoms with Crippen LogP contribution in [0.3, 0.4) is 0 Å². The van der Waals surface area contributed by atoms with Crippen molar-refractivity contribution in [3.05, 3.63) is 35.5 Å². The monoisotopic (exact) mass is 532 g/mol. The number of anilines is 4. The van der Waals surface area contributed by atoms with Crippen molar-refractivity contribution < 1.29 is 18.7 Å². The zero-order chi connectivity index (χ0) is 26.0. The zero-order valence-corrected chi connectivity index (χ0v) is 21.9. The van der Waals surface area contributed by atoms with Crippen molar-refractivity contribution in [2.45, 2.75) is 51.4 Å². The zero-order valence-electron chi connectivity index (χ0n) is 21.1. The van der Waals surface area contributed by atoms with Gasteiger partial charge in [0, 0.05) is 49.3 Å². The highest BCUT2D eigenvalue weighted by atomic mass is 32.2. The molecule has 1 aliphatic carbocycles. The highest BCUT2D eigenvalue weighted by Gasteiger charge is 2.44. The Labute approximate surface area is 220 Å². The van der Waals surface area contributed by atoms with Gasteiger partial charge in [-0.05, 0) is 62.6 Å². The van der Waals surface area contributed by atoms with Gasteiger partial charge in [0.15, 0.2) is 0 Å². The summed E-state index contributed by atoms with van der Waals surface area (Å²) in [6.45, 7) is 3.67. The first kappa shape index (κ1) is 26.0. The van der Waals surface area contributed by atoms with Crippen LogP contribution in [0, 0.1) is 12.3 Å². The molecular weight excluding hydrogens is 498 g/mol. The number of aliphatic hydroxyl groups is 1. The van der Waals surface area contributed by atoms with E-state index in [0.29, 0.717) is 41.2 Å². The minimum Gasteiger partial charge on any atom is -0.395 e. The summed E-state index contributed by atoms with van der Waals surface area (Å²) < 4.78 is 31.2. The summed E-state index contributed by atoms with van der Waals surface area (Å²) in [5.41, 5.74) is 3.35. The molecule has 3 fully saturated rings. The summed E-state index contributed by atoms with van der Waals surface area (Å²) >= 11 is 1.41. The van der Waals surface area contributed by atoms with Crippen LogP contribution in [0.2, 0.25) is 0 Å². The second-order valence-corrected chi connectivity index (χ2v) is 11.3. The number of piperidine rings is 2. The van der Waals surface area contributed by atoms with Crippen molar-refractivity contribution >= 4 is 41.0 Å². The maximum atomic E-state index is 14.0. The molecule has 37 heavy (non-hydrogen) atoms. The van der Waals surface area contributed by atoms with E-state index < -0.39 is 12.5 Å². The molecule has 2 saturated heterocycles. The molecule has 2 aliphatic heterocycles. The molecule has 1 spiro atoms. The van der Waals surface area contributed by atoms with Gasteiger partial charge in [-0.3, -0.25) is 4.79 Å². The van der Waals surface area contributed by atoms with E-state index in [2.05, 4.69) is 24.9 Å². The predicted octanol–water partition coefficient (Wildman–Crippen LogP) is 4.71. The Bertz CT molecular complexity index is 1140. The number of carbonyl (C=O) groups excluding carboxylic acids is 1. The van der Waals surface area contributed by atoms with Crippen LogP contribution < -0.4 is 19.8 Å². The number of rotatable bonds is 8. The van der Waals surface area contributed by atoms with E-state index in [-0.39, 0.29) is 24.9 Å². The first-order valence-electron chi connectivity index (χ1n) is 12.9. The van der Waals surface area contributed by atoms with Crippen molar-refractivity contribution in [1.29, 1.82) is 0 Å². The number of alkyl halides is 2. The van der Waals surface area contributed by atoms with Gasteiger partial charge in [-0.15, -0.1) is 0 Å². The molecule has 200 valence electrons. The van der Waals surface area contributed by atoms with Crippen LogP contribution >= 0.6 is 11.9 Å². The number of halogens is 2. The summed E-state index contributed by atoms with van der Waals surface area (Å²) in [4.78, 5) is 26.0. The third-order valence-electron chi connectivity index (χ3n) is 7.51. The molecule has 11 heteroatoms. The molecule has 0 bridgehead atoms. The number of aliphatic hydroxyl groups excluding tert-OH is 1. The van der Waals surface area contributed by atoms with Crippen LogP contribution in [0.4, 0.5) is 31.9 Å². The second kappa shape index (κ2) is 10.6. The lowest BCUT2D eigenvalue weighted by Crippen LogP contribution is -2.43. The third kappa shape index (κ3) is 6.26. The summed E-state index contributed by atoms with van der Waals surface area (Å²) in [7, 11) is 0. The van der Waals surface area contributed by atoms with E-state index in [9.17, 15) is 13.6 Å². The highest BCUT2D eigenvalue weighted by Crippen LogP contribution is 2.54. The van der Waals surface area contributed by atoms with Gasteiger partial charge >= 0.3 is 0 Å². The highest BCUT2D eigenvalue weighted by molar-refractivity contribution is 8.00. The Morgan fingerprint density at radius 1 is 1.08 bits per heavy atom. The van der Waals surface area contributed by atoms with Crippen LogP contribution in [0.5, 0.6) is 0 Å². The standard InChI is InChI=1S/C26H34F2N6O2S/c1-18-15-22(31-24(29-18)34-10-2-5-26(27,28)17-34)30-23(36)20-4-3-19(32-37-14-13-35)16-21(20)33-11-8-25(6-7-25)9-12-33/h3-4,15-16,32,35H,2,5-14,17H2,1H3,(H,29,30,31,36). The molecule has 1 aromatic heterocycles. The largest absolute Gasteiger partial charge is 0.395 e. The Balaban J connectivity index is 1.37. The second-order valence-electron chi connectivity index (χ2n) is 10.4. The number of aryl methyl sites for hydroxylation is 1. The Kier molecular flexibility index (Phi) is 7.44. The van der Waals surface area contributed by atoms with Gasteiger partial charge in [0.1, 0.15) is 5.82 Å². The number of carbonyl (C=O) groups is 1. The number of amides is 1. The molecule has 8 nitrogen and oxygen atoms in total. The molecule has 3 heterocycles. The van der Waals surface area contributed by atoms with Crippen LogP contribution in [-0.4, -0.2) is 65.4 Å². The summed E-state index contributed by atoms with van der Waals surface area (Å²) in [6.07, 6.45) is 5.07. The van der Waals surface area contributed by atoms with Crippen LogP contribution in [0.25, 0.3) is 0 Å². The molecule has 0 atom stereocenters. The SMILES string of the molecule is Cc1cc(NC(=O)c2ccc(NSCCO)cc2N2CCC3(CC2)CC3)nc(N2CCCC(F)(F)C2)n1. The van der Waals surface area contributed by atoms with E-state index in [1.807, 2.05) is 12.1 Å². The van der Waals surface area contributed by atoms with Gasteiger partial charge in [0.05, 0.1) is 24.4 Å². The molecule has 5 rings (SSSR count). The number of nitrogens with one attached hydrogen (secondary N) is 2. The maximum absolute atomic E-state index is 14.0. The van der Waals surface area contributed by atoms with E-state index in [4.69, 9.17) is 5.11 Å². The van der Waals surface area contributed by atoms with E-state index in [0.717, 1.165) is 37.3 Å². The van der Waals surface area contributed by atoms with Gasteiger partial charge in [-0.2, -0.15) is 4.98 Å². The minimum atomic E-state index is -2.78.